The van der Waals surface area contributed by atoms with Crippen molar-refractivity contribution in [2.24, 2.45) is 0 Å². The summed E-state index contributed by atoms with van der Waals surface area (Å²) in [5, 5.41) is 0. The molecule has 104 valence electrons. The second-order valence-electron chi connectivity index (χ2n) is 4.93. The van der Waals surface area contributed by atoms with E-state index >= 15 is 0 Å². The van der Waals surface area contributed by atoms with Crippen molar-refractivity contribution < 1.29 is 4.79 Å². The predicted octanol–water partition coefficient (Wildman–Crippen LogP) is 2.55. The first kappa shape index (κ1) is 13.8. The number of hydrogen-bond acceptors (Lipinski definition) is 3. The molecule has 0 bridgehead atoms. The second-order valence-corrected chi connectivity index (χ2v) is 4.93. The van der Waals surface area contributed by atoms with Gasteiger partial charge in [0.05, 0.1) is 11.9 Å². The van der Waals surface area contributed by atoms with E-state index in [0.717, 1.165) is 44.7 Å². The summed E-state index contributed by atoms with van der Waals surface area (Å²) in [7, 11) is 0. The van der Waals surface area contributed by atoms with Gasteiger partial charge in [0.25, 0.3) is 5.91 Å². The number of aromatic nitrogens is 1. The molecule has 0 unspecified atom stereocenters. The summed E-state index contributed by atoms with van der Waals surface area (Å²) in [6.45, 7) is 7.90. The number of likely N-dealkylation sites (tertiary alicyclic amines) is 1. The lowest BCUT2D eigenvalue weighted by atomic mass is 10.1. The average Bonchev–Trinajstić information content (AvgIpc) is 2.49. The normalized spacial score (nSPS) is 15.4. The van der Waals surface area contributed by atoms with E-state index in [0.29, 0.717) is 5.69 Å². The minimum absolute atomic E-state index is 0.0748. The van der Waals surface area contributed by atoms with Gasteiger partial charge in [0.2, 0.25) is 0 Å². The van der Waals surface area contributed by atoms with Crippen LogP contribution in [0.15, 0.2) is 18.3 Å². The standard InChI is InChI=1S/C15H23N3O/c1-3-17(4-2)13-8-9-14(16-12-13)15(19)18-10-6-5-7-11-18/h8-9,12H,3-7,10-11H2,1-2H3. The van der Waals surface area contributed by atoms with Crippen LogP contribution in [0.3, 0.4) is 0 Å². The van der Waals surface area contributed by atoms with Crippen molar-refractivity contribution >= 4 is 11.6 Å². The Morgan fingerprint density at radius 1 is 1.21 bits per heavy atom. The van der Waals surface area contributed by atoms with E-state index in [1.54, 1.807) is 0 Å². The highest BCUT2D eigenvalue weighted by Gasteiger charge is 2.19. The molecule has 1 saturated heterocycles. The zero-order valence-corrected chi connectivity index (χ0v) is 11.9. The molecule has 0 atom stereocenters. The topological polar surface area (TPSA) is 36.4 Å². The van der Waals surface area contributed by atoms with Crippen molar-refractivity contribution in [3.8, 4) is 0 Å². The van der Waals surface area contributed by atoms with Gasteiger partial charge in [-0.1, -0.05) is 0 Å². The number of anilines is 1. The summed E-state index contributed by atoms with van der Waals surface area (Å²) in [6, 6.07) is 3.85. The summed E-state index contributed by atoms with van der Waals surface area (Å²) in [6.07, 6.45) is 5.27. The number of rotatable bonds is 4. The molecule has 2 heterocycles. The molecule has 0 aromatic carbocycles. The van der Waals surface area contributed by atoms with Gasteiger partial charge in [0.15, 0.2) is 0 Å². The van der Waals surface area contributed by atoms with Crippen LogP contribution in [-0.4, -0.2) is 42.0 Å². The van der Waals surface area contributed by atoms with Gasteiger partial charge in [0.1, 0.15) is 5.69 Å². The maximum Gasteiger partial charge on any atom is 0.272 e. The zero-order valence-electron chi connectivity index (χ0n) is 11.9. The third-order valence-electron chi connectivity index (χ3n) is 3.74. The molecular formula is C15H23N3O. The number of carbonyl (C=O) groups is 1. The number of pyridine rings is 1. The lowest BCUT2D eigenvalue weighted by molar-refractivity contribution is 0.0718. The zero-order chi connectivity index (χ0) is 13.7. The van der Waals surface area contributed by atoms with E-state index in [4.69, 9.17) is 0 Å². The lowest BCUT2D eigenvalue weighted by Gasteiger charge is -2.26. The van der Waals surface area contributed by atoms with Crippen LogP contribution in [0.25, 0.3) is 0 Å². The number of hydrogen-bond donors (Lipinski definition) is 0. The lowest BCUT2D eigenvalue weighted by Crippen LogP contribution is -2.36. The van der Waals surface area contributed by atoms with Gasteiger partial charge in [-0.25, -0.2) is 4.98 Å². The van der Waals surface area contributed by atoms with E-state index in [1.807, 2.05) is 23.2 Å². The van der Waals surface area contributed by atoms with Crippen molar-refractivity contribution in [3.63, 3.8) is 0 Å². The highest BCUT2D eigenvalue weighted by Crippen LogP contribution is 2.15. The molecule has 0 spiro atoms. The molecule has 1 aliphatic rings. The van der Waals surface area contributed by atoms with Gasteiger partial charge in [-0.15, -0.1) is 0 Å². The Bertz CT molecular complexity index is 406. The van der Waals surface area contributed by atoms with Crippen LogP contribution in [-0.2, 0) is 0 Å². The third kappa shape index (κ3) is 3.25. The maximum absolute atomic E-state index is 12.3. The van der Waals surface area contributed by atoms with Gasteiger partial charge < -0.3 is 9.80 Å². The average molecular weight is 261 g/mol. The van der Waals surface area contributed by atoms with Crippen LogP contribution in [0.4, 0.5) is 5.69 Å². The smallest absolute Gasteiger partial charge is 0.272 e. The van der Waals surface area contributed by atoms with Crippen LogP contribution in [0, 0.1) is 0 Å². The fourth-order valence-electron chi connectivity index (χ4n) is 2.55. The van der Waals surface area contributed by atoms with E-state index < -0.39 is 0 Å². The fourth-order valence-corrected chi connectivity index (χ4v) is 2.55. The Labute approximate surface area is 115 Å². The fraction of sp³-hybridized carbons (Fsp3) is 0.600. The highest BCUT2D eigenvalue weighted by molar-refractivity contribution is 5.92. The van der Waals surface area contributed by atoms with Crippen molar-refractivity contribution in [3.05, 3.63) is 24.0 Å². The SMILES string of the molecule is CCN(CC)c1ccc(C(=O)N2CCCCC2)nc1. The molecule has 0 radical (unpaired) electrons. The molecule has 0 aliphatic carbocycles. The molecule has 1 aromatic heterocycles. The molecule has 1 fully saturated rings. The van der Waals surface area contributed by atoms with Crippen molar-refractivity contribution in [2.75, 3.05) is 31.1 Å². The monoisotopic (exact) mass is 261 g/mol. The number of carbonyl (C=O) groups excluding carboxylic acids is 1. The number of nitrogens with zero attached hydrogens (tertiary/aromatic N) is 3. The van der Waals surface area contributed by atoms with E-state index in [9.17, 15) is 4.79 Å². The second kappa shape index (κ2) is 6.55. The third-order valence-corrected chi connectivity index (χ3v) is 3.74. The highest BCUT2D eigenvalue weighted by atomic mass is 16.2. The summed E-state index contributed by atoms with van der Waals surface area (Å²) in [5.74, 6) is 0.0748. The molecule has 2 rings (SSSR count). The van der Waals surface area contributed by atoms with Gasteiger partial charge in [-0.2, -0.15) is 0 Å². The first-order valence-electron chi connectivity index (χ1n) is 7.26. The molecule has 0 N–H and O–H groups in total. The molecule has 4 heteroatoms. The Balaban J connectivity index is 2.06. The van der Waals surface area contributed by atoms with Crippen molar-refractivity contribution in [1.82, 2.24) is 9.88 Å². The van der Waals surface area contributed by atoms with Gasteiger partial charge in [-0.05, 0) is 45.2 Å². The molecule has 1 amide bonds. The van der Waals surface area contributed by atoms with Crippen LogP contribution < -0.4 is 4.90 Å². The molecule has 1 aliphatic heterocycles. The Hall–Kier alpha value is -1.58. The van der Waals surface area contributed by atoms with E-state index in [-0.39, 0.29) is 5.91 Å². The summed E-state index contributed by atoms with van der Waals surface area (Å²) < 4.78 is 0. The first-order chi connectivity index (χ1) is 9.26. The number of amides is 1. The Morgan fingerprint density at radius 2 is 1.89 bits per heavy atom. The van der Waals surface area contributed by atoms with E-state index in [1.165, 1.54) is 6.42 Å². The molecular weight excluding hydrogens is 238 g/mol. The predicted molar refractivity (Wildman–Crippen MR) is 77.6 cm³/mol. The largest absolute Gasteiger partial charge is 0.371 e. The maximum atomic E-state index is 12.3. The van der Waals surface area contributed by atoms with Crippen molar-refractivity contribution in [2.45, 2.75) is 33.1 Å². The van der Waals surface area contributed by atoms with Crippen LogP contribution in [0.2, 0.25) is 0 Å². The molecule has 19 heavy (non-hydrogen) atoms. The quantitative estimate of drug-likeness (QED) is 0.835. The molecule has 4 nitrogen and oxygen atoms in total. The summed E-state index contributed by atoms with van der Waals surface area (Å²) in [5.41, 5.74) is 1.65. The molecule has 1 aromatic rings. The summed E-state index contributed by atoms with van der Waals surface area (Å²) in [4.78, 5) is 20.8. The Morgan fingerprint density at radius 3 is 2.42 bits per heavy atom. The van der Waals surface area contributed by atoms with Gasteiger partial charge in [-0.3, -0.25) is 4.79 Å². The molecule has 0 saturated carbocycles. The van der Waals surface area contributed by atoms with Crippen LogP contribution >= 0.6 is 0 Å². The van der Waals surface area contributed by atoms with Crippen LogP contribution in [0.1, 0.15) is 43.6 Å². The van der Waals surface area contributed by atoms with Crippen molar-refractivity contribution in [1.29, 1.82) is 0 Å². The minimum Gasteiger partial charge on any atom is -0.371 e. The number of piperidine rings is 1. The Kier molecular flexibility index (Phi) is 4.77. The van der Waals surface area contributed by atoms with Gasteiger partial charge >= 0.3 is 0 Å². The van der Waals surface area contributed by atoms with Crippen LogP contribution in [0.5, 0.6) is 0 Å². The van der Waals surface area contributed by atoms with E-state index in [2.05, 4.69) is 23.7 Å². The minimum atomic E-state index is 0.0748. The van der Waals surface area contributed by atoms with Gasteiger partial charge in [0, 0.05) is 26.2 Å². The first-order valence-corrected chi connectivity index (χ1v) is 7.26. The summed E-state index contributed by atoms with van der Waals surface area (Å²) >= 11 is 0.